The molecule has 0 bridgehead atoms. The molecule has 180 valence electrons. The highest BCUT2D eigenvalue weighted by Gasteiger charge is 2.62. The van der Waals surface area contributed by atoms with E-state index in [0.29, 0.717) is 29.6 Å². The molecule has 0 unspecified atom stereocenters. The molecule has 0 aromatic rings. The summed E-state index contributed by atoms with van der Waals surface area (Å²) in [5.74, 6) is 4.57. The lowest BCUT2D eigenvalue weighted by atomic mass is 9.43. The van der Waals surface area contributed by atoms with Crippen molar-refractivity contribution in [2.75, 3.05) is 0 Å². The van der Waals surface area contributed by atoms with Gasteiger partial charge < -0.3 is 15.3 Å². The van der Waals surface area contributed by atoms with Crippen molar-refractivity contribution in [3.05, 3.63) is 0 Å². The highest BCUT2D eigenvalue weighted by atomic mass is 16.3. The van der Waals surface area contributed by atoms with Gasteiger partial charge in [-0.2, -0.15) is 0 Å². The minimum Gasteiger partial charge on any atom is -0.393 e. The van der Waals surface area contributed by atoms with E-state index in [0.717, 1.165) is 36.5 Å². The summed E-state index contributed by atoms with van der Waals surface area (Å²) in [4.78, 5) is 0. The Labute approximate surface area is 191 Å². The normalized spacial score (nSPS) is 49.6. The predicted octanol–water partition coefficient (Wildman–Crippen LogP) is 5.80. The van der Waals surface area contributed by atoms with Gasteiger partial charge >= 0.3 is 0 Å². The molecule has 4 saturated carbocycles. The maximum atomic E-state index is 11.1. The van der Waals surface area contributed by atoms with Crippen molar-refractivity contribution in [1.82, 2.24) is 0 Å². The summed E-state index contributed by atoms with van der Waals surface area (Å²) in [7, 11) is 0. The Bertz CT molecular complexity index is 641. The van der Waals surface area contributed by atoms with E-state index in [-0.39, 0.29) is 17.6 Å². The predicted molar refractivity (Wildman–Crippen MR) is 126 cm³/mol. The Kier molecular flexibility index (Phi) is 6.41. The molecule has 31 heavy (non-hydrogen) atoms. The summed E-state index contributed by atoms with van der Waals surface area (Å²) in [6, 6.07) is 0. The van der Waals surface area contributed by atoms with Crippen LogP contribution in [0.3, 0.4) is 0 Å². The van der Waals surface area contributed by atoms with Crippen LogP contribution in [0.15, 0.2) is 0 Å². The van der Waals surface area contributed by atoms with E-state index in [1.54, 1.807) is 0 Å². The molecule has 4 fully saturated rings. The van der Waals surface area contributed by atoms with Gasteiger partial charge in [0.1, 0.15) is 0 Å². The van der Waals surface area contributed by atoms with Crippen LogP contribution in [0.25, 0.3) is 0 Å². The SMILES string of the molecule is C[C@H](CC[C@H](C)C(C)(C)O)[C@H]1CC[C@H]2[C@@H]3CC[C@H]4C[C@@H](O)C[C@H](O)[C@]4(C)[C@H]3CC[C@]12C. The third kappa shape index (κ3) is 3.93. The molecule has 3 nitrogen and oxygen atoms in total. The van der Waals surface area contributed by atoms with Crippen molar-refractivity contribution in [3.8, 4) is 0 Å². The van der Waals surface area contributed by atoms with Gasteiger partial charge in [0, 0.05) is 0 Å². The third-order valence-electron chi connectivity index (χ3n) is 11.8. The second-order valence-corrected chi connectivity index (χ2v) is 13.5. The minimum atomic E-state index is -0.581. The third-order valence-corrected chi connectivity index (χ3v) is 11.8. The maximum absolute atomic E-state index is 11.1. The van der Waals surface area contributed by atoms with E-state index in [1.165, 1.54) is 44.9 Å². The van der Waals surface area contributed by atoms with Gasteiger partial charge in [-0.15, -0.1) is 0 Å². The van der Waals surface area contributed by atoms with Crippen LogP contribution >= 0.6 is 0 Å². The van der Waals surface area contributed by atoms with Crippen LogP contribution in [0, 0.1) is 52.3 Å². The zero-order valence-electron chi connectivity index (χ0n) is 21.1. The summed E-state index contributed by atoms with van der Waals surface area (Å²) in [5.41, 5.74) is -0.126. The Balaban J connectivity index is 1.47. The first kappa shape index (κ1) is 24.0. The van der Waals surface area contributed by atoms with Crippen LogP contribution < -0.4 is 0 Å². The lowest BCUT2D eigenvalue weighted by Crippen LogP contribution is -2.59. The summed E-state index contributed by atoms with van der Waals surface area (Å²) in [5, 5.41) is 31.8. The molecule has 0 amide bonds. The number of aliphatic hydroxyl groups is 3. The average Bonchev–Trinajstić information content (AvgIpc) is 3.03. The average molecular weight is 435 g/mol. The van der Waals surface area contributed by atoms with Gasteiger partial charge in [0.25, 0.3) is 0 Å². The molecule has 0 spiro atoms. The fourth-order valence-corrected chi connectivity index (χ4v) is 9.34. The smallest absolute Gasteiger partial charge is 0.0623 e. The minimum absolute atomic E-state index is 0.00925. The van der Waals surface area contributed by atoms with E-state index in [4.69, 9.17) is 0 Å². The van der Waals surface area contributed by atoms with E-state index < -0.39 is 5.60 Å². The highest BCUT2D eigenvalue weighted by molar-refractivity contribution is 5.11. The maximum Gasteiger partial charge on any atom is 0.0623 e. The van der Waals surface area contributed by atoms with Crippen molar-refractivity contribution < 1.29 is 15.3 Å². The molecule has 0 heterocycles. The Morgan fingerprint density at radius 1 is 0.903 bits per heavy atom. The number of hydrogen-bond acceptors (Lipinski definition) is 3. The molecule has 4 aliphatic carbocycles. The van der Waals surface area contributed by atoms with E-state index in [1.807, 2.05) is 13.8 Å². The first-order chi connectivity index (χ1) is 14.4. The van der Waals surface area contributed by atoms with Crippen molar-refractivity contribution in [2.45, 2.75) is 124 Å². The quantitative estimate of drug-likeness (QED) is 0.512. The molecule has 3 heteroatoms. The van der Waals surface area contributed by atoms with Crippen LogP contribution in [-0.2, 0) is 0 Å². The summed E-state index contributed by atoms with van der Waals surface area (Å²) < 4.78 is 0. The summed E-state index contributed by atoms with van der Waals surface area (Å²) in [6.45, 7) is 13.6. The molecule has 4 aliphatic rings. The van der Waals surface area contributed by atoms with Gasteiger partial charge in [0.15, 0.2) is 0 Å². The van der Waals surface area contributed by atoms with E-state index >= 15 is 0 Å². The molecule has 0 aromatic carbocycles. The highest BCUT2D eigenvalue weighted by Crippen LogP contribution is 2.68. The molecule has 0 aromatic heterocycles. The first-order valence-electron chi connectivity index (χ1n) is 13.5. The van der Waals surface area contributed by atoms with Gasteiger partial charge in [0.05, 0.1) is 17.8 Å². The van der Waals surface area contributed by atoms with Crippen molar-refractivity contribution >= 4 is 0 Å². The molecular weight excluding hydrogens is 384 g/mol. The molecule has 11 atom stereocenters. The van der Waals surface area contributed by atoms with Crippen molar-refractivity contribution in [2.24, 2.45) is 52.3 Å². The molecule has 0 radical (unpaired) electrons. The van der Waals surface area contributed by atoms with Crippen LogP contribution in [0.2, 0.25) is 0 Å². The lowest BCUT2D eigenvalue weighted by Gasteiger charge is -2.62. The first-order valence-corrected chi connectivity index (χ1v) is 13.5. The van der Waals surface area contributed by atoms with Crippen LogP contribution in [-0.4, -0.2) is 33.1 Å². The molecule has 0 saturated heterocycles. The number of rotatable bonds is 5. The standard InChI is InChI=1S/C28H50O3/c1-17(7-8-18(2)26(3,4)31)22-11-12-23-21-10-9-19-15-20(29)16-25(30)28(19,6)24(21)13-14-27(22,23)5/h17-25,29-31H,7-16H2,1-6H3/t17-,18+,19+,20-,21+,22-,23+,24+,25+,27-,28+/m1/s1. The van der Waals surface area contributed by atoms with Crippen LogP contribution in [0.5, 0.6) is 0 Å². The van der Waals surface area contributed by atoms with Crippen LogP contribution in [0.1, 0.15) is 106 Å². The van der Waals surface area contributed by atoms with Gasteiger partial charge in [-0.3, -0.25) is 0 Å². The number of fused-ring (bicyclic) bond motifs is 5. The van der Waals surface area contributed by atoms with Crippen molar-refractivity contribution in [3.63, 3.8) is 0 Å². The topological polar surface area (TPSA) is 60.7 Å². The molecule has 4 rings (SSSR count). The number of aliphatic hydroxyl groups excluding tert-OH is 2. The van der Waals surface area contributed by atoms with Gasteiger partial charge in [-0.25, -0.2) is 0 Å². The Morgan fingerprint density at radius 3 is 2.29 bits per heavy atom. The molecule has 3 N–H and O–H groups in total. The fourth-order valence-electron chi connectivity index (χ4n) is 9.34. The van der Waals surface area contributed by atoms with Crippen molar-refractivity contribution in [1.29, 1.82) is 0 Å². The zero-order valence-corrected chi connectivity index (χ0v) is 21.1. The van der Waals surface area contributed by atoms with E-state index in [9.17, 15) is 15.3 Å². The summed E-state index contributed by atoms with van der Waals surface area (Å²) in [6.07, 6.45) is 11.0. The number of hydrogen-bond donors (Lipinski definition) is 3. The second-order valence-electron chi connectivity index (χ2n) is 13.5. The molecule has 0 aliphatic heterocycles. The van der Waals surface area contributed by atoms with E-state index in [2.05, 4.69) is 27.7 Å². The largest absolute Gasteiger partial charge is 0.393 e. The zero-order chi connectivity index (χ0) is 22.8. The van der Waals surface area contributed by atoms with Gasteiger partial charge in [-0.1, -0.05) is 34.1 Å². The summed E-state index contributed by atoms with van der Waals surface area (Å²) >= 11 is 0. The fraction of sp³-hybridized carbons (Fsp3) is 1.00. The lowest BCUT2D eigenvalue weighted by molar-refractivity contribution is -0.182. The monoisotopic (exact) mass is 434 g/mol. The van der Waals surface area contributed by atoms with Gasteiger partial charge in [-0.05, 0) is 124 Å². The Morgan fingerprint density at radius 2 is 1.61 bits per heavy atom. The van der Waals surface area contributed by atoms with Crippen LogP contribution in [0.4, 0.5) is 0 Å². The Hall–Kier alpha value is -0.120. The molecular formula is C28H50O3. The second kappa shape index (κ2) is 8.27. The van der Waals surface area contributed by atoms with Gasteiger partial charge in [0.2, 0.25) is 0 Å².